The standard InChI is InChI=1S/C29H34N2O4S/c1-29(2,3)19-10-12-22-25(15-19)36-28(30-17-18-8-7-9-20(14-18)33-4)26(22)27(32)31-23-16-21(34-5)11-13-24(23)35-6/h7-9,11,13-14,16-17,19H,10,12,15H2,1-6H3,(H,31,32). The van der Waals surface area contributed by atoms with Crippen LogP contribution in [0.5, 0.6) is 17.2 Å². The minimum Gasteiger partial charge on any atom is -0.497 e. The second kappa shape index (κ2) is 10.7. The van der Waals surface area contributed by atoms with Crippen molar-refractivity contribution in [2.45, 2.75) is 40.0 Å². The highest BCUT2D eigenvalue weighted by molar-refractivity contribution is 7.16. The SMILES string of the molecule is COc1cccc(C=Nc2sc3c(c2C(=O)Nc2cc(OC)ccc2OC)CCC(C(C)(C)C)C3)c1. The normalized spacial score (nSPS) is 15.4. The van der Waals surface area contributed by atoms with Gasteiger partial charge in [-0.1, -0.05) is 32.9 Å². The van der Waals surface area contributed by atoms with Crippen molar-refractivity contribution >= 4 is 34.1 Å². The number of nitrogens with one attached hydrogen (secondary N) is 1. The van der Waals surface area contributed by atoms with Crippen LogP contribution in [-0.4, -0.2) is 33.5 Å². The molecule has 7 heteroatoms. The van der Waals surface area contributed by atoms with E-state index in [1.807, 2.05) is 24.3 Å². The molecule has 1 aliphatic carbocycles. The molecular formula is C29H34N2O4S. The number of carbonyl (C=O) groups is 1. The summed E-state index contributed by atoms with van der Waals surface area (Å²) < 4.78 is 16.2. The van der Waals surface area contributed by atoms with Gasteiger partial charge in [0.05, 0.1) is 32.6 Å². The van der Waals surface area contributed by atoms with Crippen molar-refractivity contribution < 1.29 is 19.0 Å². The van der Waals surface area contributed by atoms with E-state index in [2.05, 4.69) is 26.1 Å². The number of aliphatic imine (C=N–C) groups is 1. The molecule has 36 heavy (non-hydrogen) atoms. The van der Waals surface area contributed by atoms with E-state index in [1.165, 1.54) is 4.88 Å². The third-order valence-corrected chi connectivity index (χ3v) is 7.94. The van der Waals surface area contributed by atoms with Gasteiger partial charge in [-0.25, -0.2) is 4.99 Å². The van der Waals surface area contributed by atoms with Crippen molar-refractivity contribution in [2.75, 3.05) is 26.6 Å². The molecule has 1 unspecified atom stereocenters. The van der Waals surface area contributed by atoms with Crippen molar-refractivity contribution in [1.29, 1.82) is 0 Å². The summed E-state index contributed by atoms with van der Waals surface area (Å²) in [6.07, 6.45) is 4.67. The molecule has 2 aromatic carbocycles. The number of anilines is 1. The molecule has 0 saturated heterocycles. The monoisotopic (exact) mass is 506 g/mol. The third kappa shape index (κ3) is 5.57. The van der Waals surface area contributed by atoms with Crippen LogP contribution in [0, 0.1) is 11.3 Å². The summed E-state index contributed by atoms with van der Waals surface area (Å²) in [5.74, 6) is 2.35. The van der Waals surface area contributed by atoms with Crippen LogP contribution in [0.25, 0.3) is 0 Å². The highest BCUT2D eigenvalue weighted by atomic mass is 32.1. The molecule has 1 aliphatic rings. The first-order valence-electron chi connectivity index (χ1n) is 12.1. The molecule has 1 aromatic heterocycles. The molecule has 0 spiro atoms. The Labute approximate surface area is 217 Å². The molecule has 190 valence electrons. The average molecular weight is 507 g/mol. The number of hydrogen-bond acceptors (Lipinski definition) is 6. The first kappa shape index (κ1) is 25.8. The van der Waals surface area contributed by atoms with Crippen LogP contribution < -0.4 is 19.5 Å². The molecule has 0 bridgehead atoms. The summed E-state index contributed by atoms with van der Waals surface area (Å²) in [4.78, 5) is 19.8. The van der Waals surface area contributed by atoms with Gasteiger partial charge in [-0.15, -0.1) is 11.3 Å². The Morgan fingerprint density at radius 1 is 1.06 bits per heavy atom. The third-order valence-electron chi connectivity index (χ3n) is 6.78. The lowest BCUT2D eigenvalue weighted by Gasteiger charge is -2.33. The summed E-state index contributed by atoms with van der Waals surface area (Å²) in [6.45, 7) is 6.88. The Morgan fingerprint density at radius 3 is 2.50 bits per heavy atom. The second-order valence-corrected chi connectivity index (χ2v) is 11.1. The van der Waals surface area contributed by atoms with Crippen LogP contribution in [0.1, 0.15) is 53.6 Å². The fourth-order valence-electron chi connectivity index (χ4n) is 4.59. The zero-order valence-corrected chi connectivity index (χ0v) is 22.6. The molecule has 1 atom stereocenters. The van der Waals surface area contributed by atoms with Crippen LogP contribution >= 0.6 is 11.3 Å². The number of benzene rings is 2. The molecule has 4 rings (SSSR count). The number of nitrogens with zero attached hydrogens (tertiary/aromatic N) is 1. The van der Waals surface area contributed by atoms with E-state index in [1.54, 1.807) is 57.1 Å². The molecule has 0 aliphatic heterocycles. The molecule has 0 radical (unpaired) electrons. The predicted octanol–water partition coefficient (Wildman–Crippen LogP) is 6.93. The molecule has 0 saturated carbocycles. The summed E-state index contributed by atoms with van der Waals surface area (Å²) in [6, 6.07) is 13.1. The van der Waals surface area contributed by atoms with Crippen LogP contribution in [-0.2, 0) is 12.8 Å². The van der Waals surface area contributed by atoms with Crippen molar-refractivity contribution in [3.63, 3.8) is 0 Å². The van der Waals surface area contributed by atoms with Gasteiger partial charge in [0.2, 0.25) is 0 Å². The molecule has 3 aromatic rings. The summed E-state index contributed by atoms with van der Waals surface area (Å²) in [5.41, 5.74) is 3.44. The fraction of sp³-hybridized carbons (Fsp3) is 0.379. The highest BCUT2D eigenvalue weighted by Gasteiger charge is 2.34. The minimum atomic E-state index is -0.189. The Balaban J connectivity index is 1.73. The van der Waals surface area contributed by atoms with Gasteiger partial charge < -0.3 is 19.5 Å². The number of methoxy groups -OCH3 is 3. The Morgan fingerprint density at radius 2 is 1.81 bits per heavy atom. The Bertz CT molecular complexity index is 1270. The quantitative estimate of drug-likeness (QED) is 0.353. The maximum absolute atomic E-state index is 13.7. The first-order valence-corrected chi connectivity index (χ1v) is 12.9. The zero-order valence-electron chi connectivity index (χ0n) is 21.8. The number of rotatable bonds is 7. The lowest BCUT2D eigenvalue weighted by Crippen LogP contribution is -2.27. The van der Waals surface area contributed by atoms with E-state index in [0.29, 0.717) is 28.7 Å². The number of fused-ring (bicyclic) bond motifs is 1. The van der Waals surface area contributed by atoms with Gasteiger partial charge in [-0.2, -0.15) is 0 Å². The first-order chi connectivity index (χ1) is 17.2. The number of hydrogen-bond donors (Lipinski definition) is 1. The summed E-state index contributed by atoms with van der Waals surface area (Å²) in [7, 11) is 4.82. The van der Waals surface area contributed by atoms with Crippen molar-refractivity contribution in [1.82, 2.24) is 0 Å². The largest absolute Gasteiger partial charge is 0.497 e. The minimum absolute atomic E-state index is 0.189. The smallest absolute Gasteiger partial charge is 0.259 e. The van der Waals surface area contributed by atoms with Gasteiger partial charge in [0.15, 0.2) is 0 Å². The van der Waals surface area contributed by atoms with E-state index in [0.717, 1.165) is 41.1 Å². The van der Waals surface area contributed by atoms with Gasteiger partial charge in [-0.3, -0.25) is 4.79 Å². The lowest BCUT2D eigenvalue weighted by atomic mass is 9.72. The van der Waals surface area contributed by atoms with Gasteiger partial charge >= 0.3 is 0 Å². The van der Waals surface area contributed by atoms with E-state index < -0.39 is 0 Å². The van der Waals surface area contributed by atoms with Crippen molar-refractivity contribution in [3.05, 3.63) is 64.0 Å². The van der Waals surface area contributed by atoms with Gasteiger partial charge in [0, 0.05) is 17.2 Å². The molecule has 0 fully saturated rings. The molecule has 6 nitrogen and oxygen atoms in total. The zero-order chi connectivity index (χ0) is 25.9. The Kier molecular flexibility index (Phi) is 7.69. The molecule has 1 N–H and O–H groups in total. The maximum Gasteiger partial charge on any atom is 0.259 e. The predicted molar refractivity (Wildman–Crippen MR) is 147 cm³/mol. The average Bonchev–Trinajstić information content (AvgIpc) is 3.24. The molecular weight excluding hydrogens is 472 g/mol. The van der Waals surface area contributed by atoms with Gasteiger partial charge in [-0.05, 0) is 66.0 Å². The van der Waals surface area contributed by atoms with Gasteiger partial charge in [0.25, 0.3) is 5.91 Å². The van der Waals surface area contributed by atoms with Crippen LogP contribution in [0.4, 0.5) is 10.7 Å². The van der Waals surface area contributed by atoms with E-state index in [4.69, 9.17) is 19.2 Å². The highest BCUT2D eigenvalue weighted by Crippen LogP contribution is 2.45. The van der Waals surface area contributed by atoms with E-state index in [-0.39, 0.29) is 11.3 Å². The molecule has 1 heterocycles. The maximum atomic E-state index is 13.7. The summed E-state index contributed by atoms with van der Waals surface area (Å²) in [5, 5.41) is 3.78. The van der Waals surface area contributed by atoms with Crippen LogP contribution in [0.2, 0.25) is 0 Å². The van der Waals surface area contributed by atoms with Crippen LogP contribution in [0.3, 0.4) is 0 Å². The molecule has 1 amide bonds. The lowest BCUT2D eigenvalue weighted by molar-refractivity contribution is 0.102. The van der Waals surface area contributed by atoms with Crippen molar-refractivity contribution in [2.24, 2.45) is 16.3 Å². The number of carbonyl (C=O) groups excluding carboxylic acids is 1. The van der Waals surface area contributed by atoms with Crippen molar-refractivity contribution in [3.8, 4) is 17.2 Å². The Hall–Kier alpha value is -3.32. The van der Waals surface area contributed by atoms with E-state index in [9.17, 15) is 4.79 Å². The van der Waals surface area contributed by atoms with E-state index >= 15 is 0 Å². The fourth-order valence-corrected chi connectivity index (χ4v) is 5.86. The summed E-state index contributed by atoms with van der Waals surface area (Å²) >= 11 is 1.62. The van der Waals surface area contributed by atoms with Gasteiger partial charge in [0.1, 0.15) is 22.2 Å². The topological polar surface area (TPSA) is 69.2 Å². The second-order valence-electron chi connectivity index (χ2n) is 10.0. The van der Waals surface area contributed by atoms with Crippen LogP contribution in [0.15, 0.2) is 47.5 Å². The number of thiophene rings is 1. The number of amides is 1. The number of ether oxygens (including phenoxy) is 3.